The van der Waals surface area contributed by atoms with Crippen LogP contribution in [0, 0.1) is 5.92 Å². The number of hydrogen-bond acceptors (Lipinski definition) is 1. The number of benzene rings is 1. The van der Waals surface area contributed by atoms with Crippen LogP contribution in [-0.2, 0) is 4.79 Å². The Bertz CT molecular complexity index is 486. The summed E-state index contributed by atoms with van der Waals surface area (Å²) < 4.78 is 14.0. The van der Waals surface area contributed by atoms with Crippen molar-refractivity contribution in [2.75, 3.05) is 0 Å². The van der Waals surface area contributed by atoms with Crippen molar-refractivity contribution < 1.29 is 14.3 Å². The SMILES string of the molecule is CC(=CC(F)=C(C)c1ccccc1)C(C)C(=O)O. The Morgan fingerprint density at radius 2 is 1.83 bits per heavy atom. The van der Waals surface area contributed by atoms with E-state index in [-0.39, 0.29) is 0 Å². The van der Waals surface area contributed by atoms with Gasteiger partial charge in [-0.15, -0.1) is 0 Å². The third-order valence-electron chi connectivity index (χ3n) is 2.97. The summed E-state index contributed by atoms with van der Waals surface area (Å²) in [5.74, 6) is -2.03. The molecule has 1 rings (SSSR count). The van der Waals surface area contributed by atoms with Gasteiger partial charge in [-0.05, 0) is 38.0 Å². The third-order valence-corrected chi connectivity index (χ3v) is 2.97. The van der Waals surface area contributed by atoms with Crippen molar-refractivity contribution in [2.24, 2.45) is 5.92 Å². The Labute approximate surface area is 106 Å². The number of allylic oxidation sites excluding steroid dienone is 3. The first-order chi connectivity index (χ1) is 8.43. The van der Waals surface area contributed by atoms with Gasteiger partial charge in [0.05, 0.1) is 5.92 Å². The summed E-state index contributed by atoms with van der Waals surface area (Å²) in [7, 11) is 0. The van der Waals surface area contributed by atoms with Gasteiger partial charge in [0.1, 0.15) is 5.83 Å². The van der Waals surface area contributed by atoms with Gasteiger partial charge in [0.2, 0.25) is 0 Å². The lowest BCUT2D eigenvalue weighted by Gasteiger charge is -2.07. The Hall–Kier alpha value is -1.90. The first kappa shape index (κ1) is 14.2. The van der Waals surface area contributed by atoms with Crippen molar-refractivity contribution in [2.45, 2.75) is 20.8 Å². The van der Waals surface area contributed by atoms with Crippen LogP contribution in [0.15, 0.2) is 47.8 Å². The smallest absolute Gasteiger partial charge is 0.310 e. The van der Waals surface area contributed by atoms with Crippen LogP contribution >= 0.6 is 0 Å². The monoisotopic (exact) mass is 248 g/mol. The summed E-state index contributed by atoms with van der Waals surface area (Å²) in [4.78, 5) is 10.8. The molecule has 1 unspecified atom stereocenters. The van der Waals surface area contributed by atoms with Crippen LogP contribution in [0.3, 0.4) is 0 Å². The molecule has 0 aliphatic heterocycles. The lowest BCUT2D eigenvalue weighted by molar-refractivity contribution is -0.139. The minimum absolute atomic E-state index is 0.396. The maximum Gasteiger partial charge on any atom is 0.310 e. The highest BCUT2D eigenvalue weighted by molar-refractivity contribution is 5.74. The maximum absolute atomic E-state index is 14.0. The quantitative estimate of drug-likeness (QED) is 0.816. The van der Waals surface area contributed by atoms with E-state index in [1.54, 1.807) is 20.8 Å². The van der Waals surface area contributed by atoms with Gasteiger partial charge in [0.15, 0.2) is 0 Å². The fourth-order valence-electron chi connectivity index (χ4n) is 1.45. The first-order valence-corrected chi connectivity index (χ1v) is 5.76. The number of carboxylic acids is 1. The molecule has 0 aliphatic carbocycles. The molecule has 0 bridgehead atoms. The average molecular weight is 248 g/mol. The maximum atomic E-state index is 14.0. The molecule has 1 N–H and O–H groups in total. The minimum atomic E-state index is -0.950. The van der Waals surface area contributed by atoms with E-state index in [0.717, 1.165) is 5.56 Å². The number of carboxylic acid groups (broad SMARTS) is 1. The van der Waals surface area contributed by atoms with Gasteiger partial charge in [-0.1, -0.05) is 35.9 Å². The van der Waals surface area contributed by atoms with Crippen molar-refractivity contribution in [1.29, 1.82) is 0 Å². The minimum Gasteiger partial charge on any atom is -0.481 e. The molecule has 1 aromatic carbocycles. The normalized spacial score (nSPS) is 15.0. The van der Waals surface area contributed by atoms with Crippen molar-refractivity contribution in [3.05, 3.63) is 53.4 Å². The fraction of sp³-hybridized carbons (Fsp3) is 0.267. The molecule has 3 heteroatoms. The Balaban J connectivity index is 3.03. The second-order valence-corrected chi connectivity index (χ2v) is 4.29. The van der Waals surface area contributed by atoms with Crippen molar-refractivity contribution >= 4 is 11.5 Å². The number of halogens is 1. The Kier molecular flexibility index (Phi) is 4.84. The highest BCUT2D eigenvalue weighted by Gasteiger charge is 2.13. The Morgan fingerprint density at radius 1 is 1.28 bits per heavy atom. The third kappa shape index (κ3) is 3.55. The van der Waals surface area contributed by atoms with Crippen LogP contribution in [0.2, 0.25) is 0 Å². The Morgan fingerprint density at radius 3 is 2.33 bits per heavy atom. The predicted octanol–water partition coefficient (Wildman–Crippen LogP) is 4.05. The van der Waals surface area contributed by atoms with Crippen LogP contribution in [0.4, 0.5) is 4.39 Å². The average Bonchev–Trinajstić information content (AvgIpc) is 2.37. The van der Waals surface area contributed by atoms with Crippen LogP contribution in [0.1, 0.15) is 26.3 Å². The molecule has 1 aromatic rings. The van der Waals surface area contributed by atoms with Crippen LogP contribution < -0.4 is 0 Å². The molecular weight excluding hydrogens is 231 g/mol. The van der Waals surface area contributed by atoms with E-state index in [1.807, 2.05) is 30.3 Å². The highest BCUT2D eigenvalue weighted by Crippen LogP contribution is 2.22. The van der Waals surface area contributed by atoms with E-state index in [9.17, 15) is 9.18 Å². The second-order valence-electron chi connectivity index (χ2n) is 4.29. The van der Waals surface area contributed by atoms with Gasteiger partial charge in [-0.2, -0.15) is 0 Å². The number of hydrogen-bond donors (Lipinski definition) is 1. The summed E-state index contributed by atoms with van der Waals surface area (Å²) in [6.45, 7) is 4.84. The summed E-state index contributed by atoms with van der Waals surface area (Å²) in [5.41, 5.74) is 1.80. The molecule has 0 amide bonds. The van der Waals surface area contributed by atoms with Crippen molar-refractivity contribution in [1.82, 2.24) is 0 Å². The van der Waals surface area contributed by atoms with Gasteiger partial charge in [0, 0.05) is 0 Å². The number of aliphatic carboxylic acids is 1. The van der Waals surface area contributed by atoms with E-state index in [0.29, 0.717) is 11.1 Å². The van der Waals surface area contributed by atoms with E-state index in [4.69, 9.17) is 5.11 Å². The number of rotatable bonds is 4. The first-order valence-electron chi connectivity index (χ1n) is 5.76. The topological polar surface area (TPSA) is 37.3 Å². The highest BCUT2D eigenvalue weighted by atomic mass is 19.1. The molecule has 0 aliphatic rings. The number of carbonyl (C=O) groups is 1. The van der Waals surface area contributed by atoms with Crippen LogP contribution in [0.5, 0.6) is 0 Å². The largest absolute Gasteiger partial charge is 0.481 e. The standard InChI is InChI=1S/C15H17FO2/c1-10(11(2)15(17)18)9-14(16)12(3)13-7-5-4-6-8-13/h4-9,11H,1-3H3,(H,17,18). The van der Waals surface area contributed by atoms with Gasteiger partial charge in [-0.25, -0.2) is 4.39 Å². The molecule has 0 aromatic heterocycles. The van der Waals surface area contributed by atoms with Crippen molar-refractivity contribution in [3.63, 3.8) is 0 Å². The van der Waals surface area contributed by atoms with Crippen LogP contribution in [0.25, 0.3) is 5.57 Å². The zero-order valence-corrected chi connectivity index (χ0v) is 10.8. The fourth-order valence-corrected chi connectivity index (χ4v) is 1.45. The van der Waals surface area contributed by atoms with Gasteiger partial charge >= 0.3 is 5.97 Å². The predicted molar refractivity (Wildman–Crippen MR) is 70.7 cm³/mol. The van der Waals surface area contributed by atoms with Gasteiger partial charge < -0.3 is 5.11 Å². The van der Waals surface area contributed by atoms with Gasteiger partial charge in [-0.3, -0.25) is 4.79 Å². The van der Waals surface area contributed by atoms with E-state index < -0.39 is 17.7 Å². The molecule has 0 radical (unpaired) electrons. The molecule has 96 valence electrons. The molecule has 2 nitrogen and oxygen atoms in total. The second kappa shape index (κ2) is 6.15. The van der Waals surface area contributed by atoms with E-state index in [2.05, 4.69) is 0 Å². The zero-order valence-electron chi connectivity index (χ0n) is 10.8. The summed E-state index contributed by atoms with van der Waals surface area (Å²) >= 11 is 0. The molecule has 18 heavy (non-hydrogen) atoms. The molecule has 0 saturated carbocycles. The van der Waals surface area contributed by atoms with E-state index in [1.165, 1.54) is 6.08 Å². The van der Waals surface area contributed by atoms with Gasteiger partial charge in [0.25, 0.3) is 0 Å². The molecule has 0 fully saturated rings. The summed E-state index contributed by atoms with van der Waals surface area (Å²) in [5, 5.41) is 8.84. The summed E-state index contributed by atoms with van der Waals surface area (Å²) in [6, 6.07) is 9.17. The lowest BCUT2D eigenvalue weighted by atomic mass is 10.0. The molecule has 0 saturated heterocycles. The molecule has 0 spiro atoms. The molecule has 0 heterocycles. The molecular formula is C15H17FO2. The van der Waals surface area contributed by atoms with Crippen LogP contribution in [-0.4, -0.2) is 11.1 Å². The molecule has 1 atom stereocenters. The lowest BCUT2D eigenvalue weighted by Crippen LogP contribution is -2.10. The van der Waals surface area contributed by atoms with E-state index >= 15 is 0 Å². The van der Waals surface area contributed by atoms with Crippen molar-refractivity contribution in [3.8, 4) is 0 Å². The summed E-state index contributed by atoms with van der Waals surface area (Å²) in [6.07, 6.45) is 1.29. The zero-order chi connectivity index (χ0) is 13.7.